The van der Waals surface area contributed by atoms with E-state index in [-0.39, 0.29) is 0 Å². The molecule has 0 saturated carbocycles. The minimum Gasteiger partial charge on any atom is -0.330 e. The summed E-state index contributed by atoms with van der Waals surface area (Å²) >= 11 is 0. The number of carbonyl (C=O) groups is 1. The van der Waals surface area contributed by atoms with Gasteiger partial charge in [-0.25, -0.2) is 0 Å². The Kier molecular flexibility index (Phi) is 4.94. The Labute approximate surface area is 110 Å². The van der Waals surface area contributed by atoms with Crippen LogP contribution in [0.2, 0.25) is 0 Å². The number of carbonyl (C=O) groups excluding carboxylic acids is 1. The van der Waals surface area contributed by atoms with E-state index in [4.69, 9.17) is 5.73 Å². The van der Waals surface area contributed by atoms with Crippen LogP contribution in [0.25, 0.3) is 0 Å². The third-order valence-electron chi connectivity index (χ3n) is 3.78. The highest BCUT2D eigenvalue weighted by Crippen LogP contribution is 2.23. The van der Waals surface area contributed by atoms with E-state index in [0.29, 0.717) is 12.2 Å². The minimum absolute atomic E-state index is 0.303. The molecule has 0 heterocycles. The van der Waals surface area contributed by atoms with Crippen LogP contribution in [-0.2, 0) is 12.8 Å². The van der Waals surface area contributed by atoms with Gasteiger partial charge in [0.1, 0.15) is 0 Å². The Morgan fingerprint density at radius 1 is 1.06 bits per heavy atom. The van der Waals surface area contributed by atoms with Crippen LogP contribution < -0.4 is 5.73 Å². The van der Waals surface area contributed by atoms with Gasteiger partial charge >= 0.3 is 0 Å². The van der Waals surface area contributed by atoms with Crippen molar-refractivity contribution in [2.45, 2.75) is 51.4 Å². The number of fused-ring (bicyclic) bond motifs is 1. The Bertz CT molecular complexity index is 412. The zero-order valence-corrected chi connectivity index (χ0v) is 11.1. The topological polar surface area (TPSA) is 43.1 Å². The van der Waals surface area contributed by atoms with Gasteiger partial charge in [-0.2, -0.15) is 0 Å². The van der Waals surface area contributed by atoms with Crippen LogP contribution in [0.5, 0.6) is 0 Å². The summed E-state index contributed by atoms with van der Waals surface area (Å²) < 4.78 is 0. The first-order valence-corrected chi connectivity index (χ1v) is 7.16. The lowest BCUT2D eigenvalue weighted by Gasteiger charge is -2.04. The smallest absolute Gasteiger partial charge is 0.162 e. The molecule has 0 unspecified atom stereocenters. The number of benzene rings is 1. The van der Waals surface area contributed by atoms with E-state index in [1.54, 1.807) is 0 Å². The Morgan fingerprint density at radius 2 is 1.83 bits per heavy atom. The van der Waals surface area contributed by atoms with Crippen LogP contribution in [0, 0.1) is 0 Å². The van der Waals surface area contributed by atoms with Gasteiger partial charge in [0.15, 0.2) is 5.78 Å². The fourth-order valence-corrected chi connectivity index (χ4v) is 2.67. The monoisotopic (exact) mass is 245 g/mol. The zero-order chi connectivity index (χ0) is 12.8. The van der Waals surface area contributed by atoms with Crippen molar-refractivity contribution in [3.63, 3.8) is 0 Å². The van der Waals surface area contributed by atoms with Gasteiger partial charge in [-0.05, 0) is 55.8 Å². The molecule has 0 aliphatic heterocycles. The van der Waals surface area contributed by atoms with E-state index in [1.165, 1.54) is 24.0 Å². The molecule has 0 aromatic heterocycles. The van der Waals surface area contributed by atoms with Crippen LogP contribution in [0.1, 0.15) is 60.0 Å². The van der Waals surface area contributed by atoms with E-state index in [1.807, 2.05) is 6.07 Å². The first-order valence-electron chi connectivity index (χ1n) is 7.16. The van der Waals surface area contributed by atoms with Crippen molar-refractivity contribution in [1.82, 2.24) is 0 Å². The fraction of sp³-hybridized carbons (Fsp3) is 0.562. The minimum atomic E-state index is 0.303. The summed E-state index contributed by atoms with van der Waals surface area (Å²) in [5.74, 6) is 0.303. The molecule has 0 saturated heterocycles. The molecular formula is C16H23NO. The van der Waals surface area contributed by atoms with Crippen LogP contribution in [0.3, 0.4) is 0 Å². The Morgan fingerprint density at radius 3 is 2.67 bits per heavy atom. The number of rotatable bonds is 7. The molecule has 2 nitrogen and oxygen atoms in total. The van der Waals surface area contributed by atoms with E-state index >= 15 is 0 Å². The van der Waals surface area contributed by atoms with Crippen molar-refractivity contribution in [1.29, 1.82) is 0 Å². The largest absolute Gasteiger partial charge is 0.330 e. The third kappa shape index (κ3) is 3.42. The van der Waals surface area contributed by atoms with Crippen molar-refractivity contribution in [3.8, 4) is 0 Å². The lowest BCUT2D eigenvalue weighted by atomic mass is 10.00. The van der Waals surface area contributed by atoms with E-state index in [2.05, 4.69) is 12.1 Å². The molecule has 1 aliphatic carbocycles. The summed E-state index contributed by atoms with van der Waals surface area (Å²) in [6.07, 6.45) is 8.59. The maximum Gasteiger partial charge on any atom is 0.162 e. The average Bonchev–Trinajstić information content (AvgIpc) is 2.85. The van der Waals surface area contributed by atoms with Crippen LogP contribution in [-0.4, -0.2) is 12.3 Å². The molecule has 0 radical (unpaired) electrons. The normalized spacial score (nSPS) is 13.6. The van der Waals surface area contributed by atoms with E-state index in [9.17, 15) is 4.79 Å². The molecule has 2 N–H and O–H groups in total. The quantitative estimate of drug-likeness (QED) is 0.592. The second kappa shape index (κ2) is 6.69. The number of aryl methyl sites for hydroxylation is 2. The lowest BCUT2D eigenvalue weighted by molar-refractivity contribution is 0.0979. The van der Waals surface area contributed by atoms with Crippen molar-refractivity contribution in [2.24, 2.45) is 5.73 Å². The Hall–Kier alpha value is -1.15. The van der Waals surface area contributed by atoms with Gasteiger partial charge in [0.05, 0.1) is 0 Å². The molecule has 98 valence electrons. The van der Waals surface area contributed by atoms with E-state index < -0.39 is 0 Å². The van der Waals surface area contributed by atoms with Crippen LogP contribution in [0.15, 0.2) is 18.2 Å². The predicted molar refractivity (Wildman–Crippen MR) is 74.9 cm³/mol. The first kappa shape index (κ1) is 13.3. The number of nitrogens with two attached hydrogens (primary N) is 1. The van der Waals surface area contributed by atoms with Gasteiger partial charge in [-0.15, -0.1) is 0 Å². The summed E-state index contributed by atoms with van der Waals surface area (Å²) in [7, 11) is 0. The van der Waals surface area contributed by atoms with Gasteiger partial charge < -0.3 is 5.73 Å². The molecule has 2 heteroatoms. The van der Waals surface area contributed by atoms with Crippen molar-refractivity contribution >= 4 is 5.78 Å². The lowest BCUT2D eigenvalue weighted by Crippen LogP contribution is -2.01. The van der Waals surface area contributed by atoms with Gasteiger partial charge in [0.25, 0.3) is 0 Å². The van der Waals surface area contributed by atoms with Crippen molar-refractivity contribution < 1.29 is 4.79 Å². The van der Waals surface area contributed by atoms with Gasteiger partial charge in [-0.3, -0.25) is 4.79 Å². The highest BCUT2D eigenvalue weighted by atomic mass is 16.1. The number of ketones is 1. The second-order valence-corrected chi connectivity index (χ2v) is 5.21. The molecule has 0 atom stereocenters. The number of Topliss-reactive ketones (excluding diaryl/α,β-unsaturated/α-hetero) is 1. The SMILES string of the molecule is NCCCCCCC(=O)c1ccc2c(c1)CCC2. The maximum atomic E-state index is 12.1. The van der Waals surface area contributed by atoms with Crippen LogP contribution in [0.4, 0.5) is 0 Å². The Balaban J connectivity index is 1.82. The molecule has 0 bridgehead atoms. The number of unbranched alkanes of at least 4 members (excludes halogenated alkanes) is 3. The molecule has 0 amide bonds. The maximum absolute atomic E-state index is 12.1. The second-order valence-electron chi connectivity index (χ2n) is 5.21. The summed E-state index contributed by atoms with van der Waals surface area (Å²) in [6.45, 7) is 0.763. The summed E-state index contributed by atoms with van der Waals surface area (Å²) in [6, 6.07) is 6.26. The predicted octanol–water partition coefficient (Wildman–Crippen LogP) is 3.27. The average molecular weight is 245 g/mol. The summed E-state index contributed by atoms with van der Waals surface area (Å²) in [5.41, 5.74) is 9.19. The van der Waals surface area contributed by atoms with Crippen LogP contribution >= 0.6 is 0 Å². The molecule has 1 aromatic rings. The standard InChI is InChI=1S/C16H23NO/c17-11-4-2-1-3-8-16(18)15-10-9-13-6-5-7-14(13)12-15/h9-10,12H,1-8,11,17H2. The van der Waals surface area contributed by atoms with Gasteiger partial charge in [0.2, 0.25) is 0 Å². The summed E-state index contributed by atoms with van der Waals surface area (Å²) in [4.78, 5) is 12.1. The molecule has 0 spiro atoms. The summed E-state index contributed by atoms with van der Waals surface area (Å²) in [5, 5.41) is 0. The molecule has 18 heavy (non-hydrogen) atoms. The highest BCUT2D eigenvalue weighted by Gasteiger charge is 2.13. The highest BCUT2D eigenvalue weighted by molar-refractivity contribution is 5.96. The van der Waals surface area contributed by atoms with Crippen molar-refractivity contribution in [2.75, 3.05) is 6.54 Å². The van der Waals surface area contributed by atoms with Gasteiger partial charge in [-0.1, -0.05) is 25.0 Å². The van der Waals surface area contributed by atoms with E-state index in [0.717, 1.165) is 44.2 Å². The fourth-order valence-electron chi connectivity index (χ4n) is 2.67. The third-order valence-corrected chi connectivity index (χ3v) is 3.78. The zero-order valence-electron chi connectivity index (χ0n) is 11.1. The molecular weight excluding hydrogens is 222 g/mol. The van der Waals surface area contributed by atoms with Gasteiger partial charge in [0, 0.05) is 12.0 Å². The molecule has 1 aliphatic rings. The molecule has 2 rings (SSSR count). The molecule has 0 fully saturated rings. The number of hydrogen-bond donors (Lipinski definition) is 1. The van der Waals surface area contributed by atoms with Crippen molar-refractivity contribution in [3.05, 3.63) is 34.9 Å². The molecule has 1 aromatic carbocycles. The number of hydrogen-bond acceptors (Lipinski definition) is 2. The first-order chi connectivity index (χ1) is 8.81.